The number of morpholine rings is 1. The van der Waals surface area contributed by atoms with Crippen LogP contribution in [-0.4, -0.2) is 48.4 Å². The number of carbonyl (C=O) groups excluding carboxylic acids is 1. The molecule has 1 N–H and O–H groups in total. The van der Waals surface area contributed by atoms with E-state index in [0.717, 1.165) is 48.0 Å². The van der Waals surface area contributed by atoms with Crippen molar-refractivity contribution in [2.24, 2.45) is 4.99 Å². The molecule has 1 aromatic heterocycles. The molecule has 1 aliphatic heterocycles. The van der Waals surface area contributed by atoms with Crippen molar-refractivity contribution in [2.75, 3.05) is 37.7 Å². The van der Waals surface area contributed by atoms with Gasteiger partial charge in [0, 0.05) is 49.4 Å². The van der Waals surface area contributed by atoms with Crippen LogP contribution >= 0.6 is 11.3 Å². The maximum Gasteiger partial charge on any atom is 0.412 e. The highest BCUT2D eigenvalue weighted by Crippen LogP contribution is 2.25. The topological polar surface area (TPSA) is 111 Å². The Kier molecular flexibility index (Phi) is 9.02. The molecule has 0 spiro atoms. The summed E-state index contributed by atoms with van der Waals surface area (Å²) in [7, 11) is 0. The van der Waals surface area contributed by atoms with E-state index < -0.39 is 11.0 Å². The van der Waals surface area contributed by atoms with Crippen molar-refractivity contribution in [1.82, 2.24) is 9.88 Å². The molecule has 0 atom stereocenters. The molecule has 4 aromatic rings. The normalized spacial score (nSPS) is 13.7. The summed E-state index contributed by atoms with van der Waals surface area (Å²) in [4.78, 5) is 30.3. The van der Waals surface area contributed by atoms with Gasteiger partial charge in [0.25, 0.3) is 5.69 Å². The minimum absolute atomic E-state index is 0.0843. The van der Waals surface area contributed by atoms with Gasteiger partial charge in [-0.05, 0) is 60.5 Å². The lowest BCUT2D eigenvalue weighted by Gasteiger charge is -2.28. The van der Waals surface area contributed by atoms with Crippen molar-refractivity contribution < 1.29 is 23.6 Å². The molecule has 0 bridgehead atoms. The van der Waals surface area contributed by atoms with Gasteiger partial charge in [-0.1, -0.05) is 12.1 Å². The molecule has 1 aliphatic rings. The summed E-state index contributed by atoms with van der Waals surface area (Å²) in [6.07, 6.45) is -0.0639. The van der Waals surface area contributed by atoms with Crippen molar-refractivity contribution in [3.63, 3.8) is 0 Å². The van der Waals surface area contributed by atoms with E-state index >= 15 is 0 Å². The molecular weight excluding hydrogens is 549 g/mol. The fourth-order valence-corrected chi connectivity index (χ4v) is 5.32. The van der Waals surface area contributed by atoms with Crippen LogP contribution in [0.4, 0.5) is 26.2 Å². The first-order chi connectivity index (χ1) is 20.0. The summed E-state index contributed by atoms with van der Waals surface area (Å²) in [6, 6.07) is 19.7. The van der Waals surface area contributed by atoms with Crippen LogP contribution in [0.5, 0.6) is 5.75 Å². The summed E-state index contributed by atoms with van der Waals surface area (Å²) in [6.45, 7) is 4.05. The number of hydrogen-bond acceptors (Lipinski definition) is 8. The molecule has 2 heterocycles. The third kappa shape index (κ3) is 7.35. The number of non-ortho nitro benzene ring substituents is 1. The molecular formula is C29H28FN5O5S. The number of amides is 1. The van der Waals surface area contributed by atoms with Gasteiger partial charge >= 0.3 is 6.09 Å². The number of carbonyl (C=O) groups is 1. The Morgan fingerprint density at radius 2 is 1.76 bits per heavy atom. The van der Waals surface area contributed by atoms with Gasteiger partial charge in [0.05, 0.1) is 29.5 Å². The molecule has 0 aliphatic carbocycles. The molecule has 10 nitrogen and oxygen atoms in total. The second kappa shape index (κ2) is 13.2. The molecule has 0 saturated carbocycles. The number of aromatic nitrogens is 1. The zero-order chi connectivity index (χ0) is 28.6. The average Bonchev–Trinajstić information content (AvgIpc) is 3.39. The molecule has 12 heteroatoms. The highest BCUT2D eigenvalue weighted by molar-refractivity contribution is 7.07. The smallest absolute Gasteiger partial charge is 0.410 e. The van der Waals surface area contributed by atoms with Gasteiger partial charge < -0.3 is 24.3 Å². The number of rotatable bonds is 9. The highest BCUT2D eigenvalue weighted by atomic mass is 32.1. The monoisotopic (exact) mass is 577 g/mol. The van der Waals surface area contributed by atoms with Crippen LogP contribution in [0.25, 0.3) is 11.3 Å². The van der Waals surface area contributed by atoms with Crippen molar-refractivity contribution in [2.45, 2.75) is 13.0 Å². The first-order valence-electron chi connectivity index (χ1n) is 13.1. The Labute approximate surface area is 239 Å². The first-order valence-corrected chi connectivity index (χ1v) is 14.0. The van der Waals surface area contributed by atoms with Gasteiger partial charge in [-0.15, -0.1) is 11.3 Å². The minimum Gasteiger partial charge on any atom is -0.410 e. The van der Waals surface area contributed by atoms with Crippen molar-refractivity contribution in [3.8, 4) is 17.0 Å². The maximum absolute atomic E-state index is 13.4. The van der Waals surface area contributed by atoms with Gasteiger partial charge in [0.2, 0.25) is 0 Å². The average molecular weight is 578 g/mol. The number of nitrogens with one attached hydrogen (secondary N) is 1. The molecule has 5 rings (SSSR count). The third-order valence-corrected chi connectivity index (χ3v) is 7.34. The molecule has 41 heavy (non-hydrogen) atoms. The van der Waals surface area contributed by atoms with E-state index in [0.29, 0.717) is 25.2 Å². The molecule has 0 radical (unpaired) electrons. The van der Waals surface area contributed by atoms with Gasteiger partial charge in [0.1, 0.15) is 11.6 Å². The maximum atomic E-state index is 13.4. The third-order valence-electron chi connectivity index (χ3n) is 6.47. The minimum atomic E-state index is -0.649. The van der Waals surface area contributed by atoms with Crippen LogP contribution in [0.3, 0.4) is 0 Å². The van der Waals surface area contributed by atoms with Crippen LogP contribution < -0.4 is 19.8 Å². The van der Waals surface area contributed by atoms with E-state index in [1.807, 2.05) is 5.38 Å². The van der Waals surface area contributed by atoms with E-state index in [9.17, 15) is 19.3 Å². The number of benzene rings is 3. The van der Waals surface area contributed by atoms with Gasteiger partial charge in [0.15, 0.2) is 4.80 Å². The van der Waals surface area contributed by atoms with E-state index in [-0.39, 0.29) is 17.3 Å². The van der Waals surface area contributed by atoms with Crippen LogP contribution in [0.15, 0.2) is 83.2 Å². The zero-order valence-corrected chi connectivity index (χ0v) is 22.9. The number of anilines is 1. The Balaban J connectivity index is 1.28. The molecule has 0 unspecified atom stereocenters. The number of halogens is 1. The number of thiazole rings is 1. The fraction of sp³-hybridized carbons (Fsp3) is 0.241. The van der Waals surface area contributed by atoms with Crippen molar-refractivity contribution in [1.29, 1.82) is 0 Å². The lowest BCUT2D eigenvalue weighted by Crippen LogP contribution is -2.36. The van der Waals surface area contributed by atoms with E-state index in [4.69, 9.17) is 14.5 Å². The van der Waals surface area contributed by atoms with Crippen LogP contribution in [0.1, 0.15) is 6.42 Å². The molecule has 1 amide bonds. The Hall–Kier alpha value is -4.55. The number of ether oxygens (including phenoxy) is 2. The second-order valence-corrected chi connectivity index (χ2v) is 10.0. The largest absolute Gasteiger partial charge is 0.412 e. The number of nitrogens with zero attached hydrogens (tertiary/aromatic N) is 4. The lowest BCUT2D eigenvalue weighted by atomic mass is 10.1. The Morgan fingerprint density at radius 3 is 2.44 bits per heavy atom. The van der Waals surface area contributed by atoms with Crippen molar-refractivity contribution >= 4 is 34.5 Å². The standard InChI is InChI=1S/C29H28FN5O5S/c30-22-4-6-23(7-5-22)32-28-34(15-1-14-31-29(36)40-26-12-10-25(11-13-26)35(37)38)27(20-41-28)21-2-8-24(9-3-21)33-16-18-39-19-17-33/h2-13,20H,1,14-19H2,(H,31,36)/b32-28+. The lowest BCUT2D eigenvalue weighted by molar-refractivity contribution is -0.384. The fourth-order valence-electron chi connectivity index (χ4n) is 4.36. The quantitative estimate of drug-likeness (QED) is 0.160. The van der Waals surface area contributed by atoms with Crippen molar-refractivity contribution in [3.05, 3.63) is 98.9 Å². The number of hydrogen-bond donors (Lipinski definition) is 1. The SMILES string of the molecule is O=C(NCCCn1c(-c2ccc(N3CCOCC3)cc2)cs/c1=N/c1ccc(F)cc1)Oc1ccc([N+](=O)[O-])cc1. The predicted octanol–water partition coefficient (Wildman–Crippen LogP) is 5.51. The molecule has 1 saturated heterocycles. The van der Waals surface area contributed by atoms with Gasteiger partial charge in [-0.25, -0.2) is 14.2 Å². The van der Waals surface area contributed by atoms with E-state index in [1.165, 1.54) is 47.7 Å². The van der Waals surface area contributed by atoms with Crippen LogP contribution in [0.2, 0.25) is 0 Å². The summed E-state index contributed by atoms with van der Waals surface area (Å²) in [5.74, 6) is -0.112. The molecule has 3 aromatic carbocycles. The van der Waals surface area contributed by atoms with Gasteiger partial charge in [-0.2, -0.15) is 0 Å². The van der Waals surface area contributed by atoms with Crippen LogP contribution in [-0.2, 0) is 11.3 Å². The Morgan fingerprint density at radius 1 is 1.05 bits per heavy atom. The number of nitro benzene ring substituents is 1. The second-order valence-electron chi connectivity index (χ2n) is 9.21. The highest BCUT2D eigenvalue weighted by Gasteiger charge is 2.14. The summed E-state index contributed by atoms with van der Waals surface area (Å²) < 4.78 is 26.2. The predicted molar refractivity (Wildman–Crippen MR) is 154 cm³/mol. The summed E-state index contributed by atoms with van der Waals surface area (Å²) in [5, 5.41) is 15.6. The van der Waals surface area contributed by atoms with E-state index in [1.54, 1.807) is 12.1 Å². The Bertz CT molecular complexity index is 1550. The summed E-state index contributed by atoms with van der Waals surface area (Å²) in [5.41, 5.74) is 3.72. The van der Waals surface area contributed by atoms with Crippen LogP contribution in [0, 0.1) is 15.9 Å². The van der Waals surface area contributed by atoms with Gasteiger partial charge in [-0.3, -0.25) is 10.1 Å². The first kappa shape index (κ1) is 28.0. The van der Waals surface area contributed by atoms with E-state index in [2.05, 4.69) is 39.0 Å². The molecule has 1 fully saturated rings. The zero-order valence-electron chi connectivity index (χ0n) is 22.1. The summed E-state index contributed by atoms with van der Waals surface area (Å²) >= 11 is 1.49. The number of nitro groups is 1. The molecule has 212 valence electrons.